The summed E-state index contributed by atoms with van der Waals surface area (Å²) >= 11 is 0. The summed E-state index contributed by atoms with van der Waals surface area (Å²) in [4.78, 5) is 19.5. The predicted molar refractivity (Wildman–Crippen MR) is 133 cm³/mol. The molecule has 0 radical (unpaired) electrons. The van der Waals surface area contributed by atoms with Crippen molar-refractivity contribution in [1.82, 2.24) is 14.7 Å². The Balaban J connectivity index is 1.19. The smallest absolute Gasteiger partial charge is 0.257 e. The highest BCUT2D eigenvalue weighted by atomic mass is 16.5. The molecule has 5 rings (SSSR count). The molecule has 0 unspecified atom stereocenters. The van der Waals surface area contributed by atoms with E-state index in [2.05, 4.69) is 46.2 Å². The maximum Gasteiger partial charge on any atom is 0.257 e. The van der Waals surface area contributed by atoms with Gasteiger partial charge in [-0.3, -0.25) is 14.6 Å². The molecule has 3 heterocycles. The molecule has 35 heavy (non-hydrogen) atoms. The van der Waals surface area contributed by atoms with E-state index in [0.29, 0.717) is 50.0 Å². The number of likely N-dealkylation sites (tertiary alicyclic amines) is 1. The second-order valence-electron chi connectivity index (χ2n) is 9.97. The topological polar surface area (TPSA) is 80.0 Å². The van der Waals surface area contributed by atoms with Gasteiger partial charge in [0.05, 0.1) is 30.8 Å². The number of nitrogens with zero attached hydrogens (tertiary/aromatic N) is 4. The number of rotatable bonds is 6. The van der Waals surface area contributed by atoms with Gasteiger partial charge in [-0.05, 0) is 67.1 Å². The first-order valence-corrected chi connectivity index (χ1v) is 12.7. The average Bonchev–Trinajstić information content (AvgIpc) is 3.03. The van der Waals surface area contributed by atoms with Gasteiger partial charge in [0.25, 0.3) is 5.91 Å². The number of piperidine rings is 1. The van der Waals surface area contributed by atoms with Crippen molar-refractivity contribution in [2.45, 2.75) is 37.8 Å². The molecule has 1 atom stereocenters. The zero-order valence-electron chi connectivity index (χ0n) is 20.2. The highest BCUT2D eigenvalue weighted by molar-refractivity contribution is 5.97. The number of hydrogen-bond acceptors (Lipinski definition) is 6. The number of β-amino-alcohol motifs (C(OH)–C–C–N with tert-alkyl or cyclic N) is 1. The largest absolute Gasteiger partial charge is 0.491 e. The second-order valence-corrected chi connectivity index (χ2v) is 9.97. The van der Waals surface area contributed by atoms with E-state index in [1.54, 1.807) is 4.90 Å². The van der Waals surface area contributed by atoms with E-state index in [9.17, 15) is 9.90 Å². The van der Waals surface area contributed by atoms with Gasteiger partial charge in [0.15, 0.2) is 0 Å². The van der Waals surface area contributed by atoms with Crippen LogP contribution in [0.4, 0.5) is 0 Å². The molecule has 0 bridgehead atoms. The summed E-state index contributed by atoms with van der Waals surface area (Å²) < 4.78 is 6.00. The Morgan fingerprint density at radius 1 is 1.03 bits per heavy atom. The molecule has 0 saturated carbocycles. The molecular formula is C28H34N4O3. The van der Waals surface area contributed by atoms with E-state index in [-0.39, 0.29) is 5.91 Å². The van der Waals surface area contributed by atoms with Crippen LogP contribution in [-0.4, -0.2) is 84.2 Å². The summed E-state index contributed by atoms with van der Waals surface area (Å²) in [6, 6.07) is 16.7. The Hall–Kier alpha value is -2.92. The van der Waals surface area contributed by atoms with Crippen LogP contribution in [0.5, 0.6) is 5.75 Å². The minimum atomic E-state index is -0.608. The second kappa shape index (κ2) is 10.8. The Kier molecular flexibility index (Phi) is 7.33. The Morgan fingerprint density at radius 2 is 1.83 bits per heavy atom. The Labute approximate surface area is 207 Å². The molecule has 1 amide bonds. The first kappa shape index (κ1) is 23.8. The molecule has 2 aromatic rings. The van der Waals surface area contributed by atoms with Gasteiger partial charge in [-0.15, -0.1) is 0 Å². The van der Waals surface area contributed by atoms with Crippen molar-refractivity contribution in [2.75, 3.05) is 52.4 Å². The van der Waals surface area contributed by atoms with Gasteiger partial charge < -0.3 is 14.7 Å². The number of ether oxygens (including phenoxy) is 1. The number of carbonyl (C=O) groups excluding carboxylic acids is 1. The third-order valence-electron chi connectivity index (χ3n) is 7.61. The number of fused-ring (bicyclic) bond motifs is 2. The normalized spacial score (nSPS) is 20.3. The fraction of sp³-hybridized carbons (Fsp3) is 0.500. The van der Waals surface area contributed by atoms with E-state index in [1.807, 2.05) is 12.1 Å². The third kappa shape index (κ3) is 5.51. The van der Waals surface area contributed by atoms with Crippen LogP contribution < -0.4 is 4.74 Å². The van der Waals surface area contributed by atoms with Gasteiger partial charge in [-0.1, -0.05) is 30.3 Å². The van der Waals surface area contributed by atoms with Crippen molar-refractivity contribution in [3.05, 3.63) is 64.7 Å². The third-order valence-corrected chi connectivity index (χ3v) is 7.61. The van der Waals surface area contributed by atoms with Crippen LogP contribution >= 0.6 is 0 Å². The van der Waals surface area contributed by atoms with Crippen LogP contribution in [0.2, 0.25) is 0 Å². The van der Waals surface area contributed by atoms with Gasteiger partial charge >= 0.3 is 0 Å². The zero-order chi connectivity index (χ0) is 24.2. The van der Waals surface area contributed by atoms with Crippen molar-refractivity contribution in [3.8, 4) is 11.8 Å². The van der Waals surface area contributed by atoms with Crippen molar-refractivity contribution < 1.29 is 14.6 Å². The van der Waals surface area contributed by atoms with Crippen LogP contribution in [0.1, 0.15) is 45.8 Å². The average molecular weight is 475 g/mol. The molecular weight excluding hydrogens is 440 g/mol. The first-order valence-electron chi connectivity index (χ1n) is 12.7. The number of carbonyl (C=O) groups is 1. The van der Waals surface area contributed by atoms with Crippen LogP contribution in [0.3, 0.4) is 0 Å². The lowest BCUT2D eigenvalue weighted by Crippen LogP contribution is -2.44. The summed E-state index contributed by atoms with van der Waals surface area (Å²) in [5.41, 5.74) is 4.49. The minimum Gasteiger partial charge on any atom is -0.491 e. The van der Waals surface area contributed by atoms with Gasteiger partial charge in [0, 0.05) is 26.2 Å². The lowest BCUT2D eigenvalue weighted by molar-refractivity contribution is 0.0501. The SMILES string of the molecule is N#CCN1CCC(c2ccc3c(c2)OCCN(C[C@H](O)CN2CCc4ccccc4C2)C3=O)CC1. The molecule has 2 aromatic carbocycles. The minimum absolute atomic E-state index is 0.0732. The first-order chi connectivity index (χ1) is 17.1. The van der Waals surface area contributed by atoms with E-state index in [1.165, 1.54) is 16.7 Å². The van der Waals surface area contributed by atoms with Crippen molar-refractivity contribution in [2.24, 2.45) is 0 Å². The predicted octanol–water partition coefficient (Wildman–Crippen LogP) is 2.64. The van der Waals surface area contributed by atoms with Gasteiger partial charge in [-0.25, -0.2) is 0 Å². The van der Waals surface area contributed by atoms with E-state index in [4.69, 9.17) is 10.00 Å². The van der Waals surface area contributed by atoms with Crippen LogP contribution in [0, 0.1) is 11.3 Å². The molecule has 1 saturated heterocycles. The summed E-state index contributed by atoms with van der Waals surface area (Å²) in [5, 5.41) is 19.7. The molecule has 7 nitrogen and oxygen atoms in total. The number of benzene rings is 2. The Bertz CT molecular complexity index is 1090. The van der Waals surface area contributed by atoms with Gasteiger partial charge in [0.2, 0.25) is 0 Å². The standard InChI is InChI=1S/C28H34N4O3/c29-10-14-30-11-7-22(8-12-30)23-5-6-26-27(17-23)35-16-15-32(28(26)34)20-25(33)19-31-13-9-21-3-1-2-4-24(21)18-31/h1-6,17,22,25,33H,7-9,11-16,18-20H2/t25-/m1/s1. The summed E-state index contributed by atoms with van der Waals surface area (Å²) in [5.74, 6) is 0.998. The van der Waals surface area contributed by atoms with Gasteiger partial charge in [-0.2, -0.15) is 5.26 Å². The number of amides is 1. The molecule has 1 N–H and O–H groups in total. The van der Waals surface area contributed by atoms with E-state index in [0.717, 1.165) is 45.4 Å². The fourth-order valence-corrected chi connectivity index (χ4v) is 5.65. The lowest BCUT2D eigenvalue weighted by Gasteiger charge is -2.32. The summed E-state index contributed by atoms with van der Waals surface area (Å²) in [7, 11) is 0. The van der Waals surface area contributed by atoms with E-state index < -0.39 is 6.10 Å². The molecule has 184 valence electrons. The maximum atomic E-state index is 13.3. The van der Waals surface area contributed by atoms with Crippen LogP contribution in [-0.2, 0) is 13.0 Å². The molecule has 3 aliphatic heterocycles. The van der Waals surface area contributed by atoms with Crippen molar-refractivity contribution >= 4 is 5.91 Å². The number of aliphatic hydroxyl groups excluding tert-OH is 1. The molecule has 7 heteroatoms. The highest BCUT2D eigenvalue weighted by Gasteiger charge is 2.28. The molecule has 0 spiro atoms. The quantitative estimate of drug-likeness (QED) is 0.649. The fourth-order valence-electron chi connectivity index (χ4n) is 5.65. The van der Waals surface area contributed by atoms with Crippen LogP contribution in [0.25, 0.3) is 0 Å². The number of hydrogen-bond donors (Lipinski definition) is 1. The van der Waals surface area contributed by atoms with Crippen molar-refractivity contribution in [1.29, 1.82) is 5.26 Å². The van der Waals surface area contributed by atoms with Crippen molar-refractivity contribution in [3.63, 3.8) is 0 Å². The summed E-state index contributed by atoms with van der Waals surface area (Å²) in [6.45, 7) is 5.83. The van der Waals surface area contributed by atoms with Gasteiger partial charge in [0.1, 0.15) is 12.4 Å². The van der Waals surface area contributed by atoms with Crippen LogP contribution in [0.15, 0.2) is 42.5 Å². The molecule has 1 fully saturated rings. The molecule has 0 aromatic heterocycles. The Morgan fingerprint density at radius 3 is 2.63 bits per heavy atom. The maximum absolute atomic E-state index is 13.3. The monoisotopic (exact) mass is 474 g/mol. The number of aliphatic hydroxyl groups is 1. The highest BCUT2D eigenvalue weighted by Crippen LogP contribution is 2.33. The van der Waals surface area contributed by atoms with E-state index >= 15 is 0 Å². The lowest BCUT2D eigenvalue weighted by atomic mass is 9.88. The zero-order valence-corrected chi connectivity index (χ0v) is 20.2. The summed E-state index contributed by atoms with van der Waals surface area (Å²) in [6.07, 6.45) is 2.40. The number of nitriles is 1. The molecule has 3 aliphatic rings. The molecule has 0 aliphatic carbocycles.